The largest absolute Gasteiger partial charge is 0.493 e. The lowest BCUT2D eigenvalue weighted by atomic mass is 10.1. The number of benzene rings is 1. The monoisotopic (exact) mass is 476 g/mol. The number of rotatable bonds is 8. The Bertz CT molecular complexity index is 559. The molecule has 148 valence electrons. The van der Waals surface area contributed by atoms with Crippen molar-refractivity contribution in [1.29, 1.82) is 0 Å². The summed E-state index contributed by atoms with van der Waals surface area (Å²) < 4.78 is 5.71. The molecular weight excluding hydrogens is 443 g/mol. The first kappa shape index (κ1) is 24.5. The lowest BCUT2D eigenvalue weighted by Crippen LogP contribution is -2.40. The van der Waals surface area contributed by atoms with E-state index in [4.69, 9.17) is 4.74 Å². The minimum Gasteiger partial charge on any atom is -0.493 e. The number of carbonyl (C=O) groups is 1. The van der Waals surface area contributed by atoms with Crippen LogP contribution in [0.5, 0.6) is 5.75 Å². The van der Waals surface area contributed by atoms with Crippen LogP contribution in [0.1, 0.15) is 38.8 Å². The maximum Gasteiger partial charge on any atom is 0.223 e. The Morgan fingerprint density at radius 2 is 1.81 bits per heavy atom. The van der Waals surface area contributed by atoms with Crippen LogP contribution in [0.2, 0.25) is 0 Å². The van der Waals surface area contributed by atoms with E-state index in [1.165, 1.54) is 0 Å². The number of hydrogen-bond donors (Lipinski definition) is 2. The van der Waals surface area contributed by atoms with E-state index in [1.807, 2.05) is 12.1 Å². The van der Waals surface area contributed by atoms with Crippen molar-refractivity contribution in [2.45, 2.75) is 33.2 Å². The Hall–Kier alpha value is -1.51. The molecule has 0 bridgehead atoms. The van der Waals surface area contributed by atoms with E-state index < -0.39 is 0 Å². The van der Waals surface area contributed by atoms with Crippen molar-refractivity contribution in [3.8, 4) is 5.75 Å². The van der Waals surface area contributed by atoms with E-state index in [0.717, 1.165) is 17.9 Å². The highest BCUT2D eigenvalue weighted by molar-refractivity contribution is 14.0. The minimum absolute atomic E-state index is 0. The average molecular weight is 476 g/mol. The summed E-state index contributed by atoms with van der Waals surface area (Å²) in [7, 11) is 5.23. The highest BCUT2D eigenvalue weighted by Gasteiger charge is 2.09. The third-order valence-corrected chi connectivity index (χ3v) is 3.67. The Labute approximate surface area is 174 Å². The van der Waals surface area contributed by atoms with Gasteiger partial charge in [0.15, 0.2) is 5.96 Å². The van der Waals surface area contributed by atoms with Gasteiger partial charge in [0.25, 0.3) is 0 Å². The van der Waals surface area contributed by atoms with Crippen LogP contribution in [0.15, 0.2) is 29.3 Å². The molecule has 1 aromatic carbocycles. The van der Waals surface area contributed by atoms with Gasteiger partial charge in [0.1, 0.15) is 5.75 Å². The quantitative estimate of drug-likeness (QED) is 0.344. The number of carbonyl (C=O) groups excluding carboxylic acids is 1. The molecule has 26 heavy (non-hydrogen) atoms. The van der Waals surface area contributed by atoms with Crippen molar-refractivity contribution < 1.29 is 9.53 Å². The van der Waals surface area contributed by atoms with Gasteiger partial charge in [-0.1, -0.05) is 26.0 Å². The van der Waals surface area contributed by atoms with Gasteiger partial charge in [-0.2, -0.15) is 0 Å². The Balaban J connectivity index is 0.00000625. The standard InChI is InChI=1S/C19H32N4O2.HI/c1-14(2)13-25-17-9-7-16(8-10-17)15(3)22-19(20-4)21-12-11-18(24)23(5)6;/h7-10,14-15H,11-13H2,1-6H3,(H2,20,21,22);1H. The number of amides is 1. The summed E-state index contributed by atoms with van der Waals surface area (Å²) in [6.07, 6.45) is 0.434. The zero-order valence-corrected chi connectivity index (χ0v) is 19.0. The first-order valence-electron chi connectivity index (χ1n) is 8.73. The number of nitrogens with one attached hydrogen (secondary N) is 2. The van der Waals surface area contributed by atoms with Crippen molar-refractivity contribution in [2.24, 2.45) is 10.9 Å². The number of aliphatic imine (C=N–C) groups is 1. The maximum atomic E-state index is 11.6. The number of nitrogens with zero attached hydrogens (tertiary/aromatic N) is 2. The molecule has 0 radical (unpaired) electrons. The molecule has 7 heteroatoms. The second kappa shape index (κ2) is 12.8. The second-order valence-corrected chi connectivity index (χ2v) is 6.68. The molecule has 1 amide bonds. The van der Waals surface area contributed by atoms with Crippen LogP contribution in [0.25, 0.3) is 0 Å². The van der Waals surface area contributed by atoms with Crippen LogP contribution in [-0.4, -0.2) is 51.1 Å². The second-order valence-electron chi connectivity index (χ2n) is 6.68. The Morgan fingerprint density at radius 3 is 2.31 bits per heavy atom. The van der Waals surface area contributed by atoms with Crippen molar-refractivity contribution in [3.05, 3.63) is 29.8 Å². The smallest absolute Gasteiger partial charge is 0.223 e. The van der Waals surface area contributed by atoms with E-state index in [-0.39, 0.29) is 35.9 Å². The fourth-order valence-electron chi connectivity index (χ4n) is 2.11. The molecule has 2 N–H and O–H groups in total. The molecule has 1 aromatic rings. The van der Waals surface area contributed by atoms with Gasteiger partial charge in [-0.15, -0.1) is 24.0 Å². The van der Waals surface area contributed by atoms with Crippen molar-refractivity contribution in [1.82, 2.24) is 15.5 Å². The lowest BCUT2D eigenvalue weighted by molar-refractivity contribution is -0.128. The van der Waals surface area contributed by atoms with E-state index >= 15 is 0 Å². The number of guanidine groups is 1. The molecule has 0 aliphatic heterocycles. The molecule has 0 saturated heterocycles. The molecule has 0 spiro atoms. The Morgan fingerprint density at radius 1 is 1.19 bits per heavy atom. The summed E-state index contributed by atoms with van der Waals surface area (Å²) in [5.74, 6) is 2.16. The zero-order chi connectivity index (χ0) is 18.8. The zero-order valence-electron chi connectivity index (χ0n) is 16.7. The third kappa shape index (κ3) is 9.26. The van der Waals surface area contributed by atoms with Crippen LogP contribution < -0.4 is 15.4 Å². The molecular formula is C19H33IN4O2. The van der Waals surface area contributed by atoms with Crippen LogP contribution in [0.4, 0.5) is 0 Å². The first-order chi connectivity index (χ1) is 11.8. The highest BCUT2D eigenvalue weighted by Crippen LogP contribution is 2.18. The first-order valence-corrected chi connectivity index (χ1v) is 8.73. The predicted molar refractivity (Wildman–Crippen MR) is 118 cm³/mol. The third-order valence-electron chi connectivity index (χ3n) is 3.67. The SMILES string of the molecule is CN=C(NCCC(=O)N(C)C)NC(C)c1ccc(OCC(C)C)cc1.I. The normalized spacial score (nSPS) is 12.2. The molecule has 6 nitrogen and oxygen atoms in total. The summed E-state index contributed by atoms with van der Waals surface area (Å²) in [5.41, 5.74) is 1.14. The molecule has 0 aromatic heterocycles. The molecule has 0 fully saturated rings. The molecule has 0 heterocycles. The van der Waals surface area contributed by atoms with Gasteiger partial charge in [-0.3, -0.25) is 9.79 Å². The van der Waals surface area contributed by atoms with Gasteiger partial charge in [0.2, 0.25) is 5.91 Å². The number of halogens is 1. The predicted octanol–water partition coefficient (Wildman–Crippen LogP) is 3.04. The van der Waals surface area contributed by atoms with Gasteiger partial charge < -0.3 is 20.3 Å². The van der Waals surface area contributed by atoms with Gasteiger partial charge in [-0.25, -0.2) is 0 Å². The fourth-order valence-corrected chi connectivity index (χ4v) is 2.11. The molecule has 1 unspecified atom stereocenters. The van der Waals surface area contributed by atoms with Gasteiger partial charge in [0, 0.05) is 34.1 Å². The maximum absolute atomic E-state index is 11.6. The number of hydrogen-bond acceptors (Lipinski definition) is 3. The van der Waals surface area contributed by atoms with E-state index in [0.29, 0.717) is 24.8 Å². The van der Waals surface area contributed by atoms with Crippen LogP contribution >= 0.6 is 24.0 Å². The molecule has 1 rings (SSSR count). The van der Waals surface area contributed by atoms with Crippen LogP contribution in [0, 0.1) is 5.92 Å². The number of ether oxygens (including phenoxy) is 1. The minimum atomic E-state index is 0. The topological polar surface area (TPSA) is 66.0 Å². The van der Waals surface area contributed by atoms with Crippen LogP contribution in [-0.2, 0) is 4.79 Å². The van der Waals surface area contributed by atoms with Gasteiger partial charge in [0.05, 0.1) is 12.6 Å². The average Bonchev–Trinajstić information content (AvgIpc) is 2.59. The van der Waals surface area contributed by atoms with E-state index in [1.54, 1.807) is 26.0 Å². The summed E-state index contributed by atoms with van der Waals surface area (Å²) in [4.78, 5) is 17.4. The summed E-state index contributed by atoms with van der Waals surface area (Å²) in [6, 6.07) is 8.17. The van der Waals surface area contributed by atoms with Crippen molar-refractivity contribution in [2.75, 3.05) is 34.3 Å². The molecule has 1 atom stereocenters. The van der Waals surface area contributed by atoms with E-state index in [9.17, 15) is 4.79 Å². The molecule has 0 aliphatic carbocycles. The summed E-state index contributed by atoms with van der Waals surface area (Å²) in [5, 5.41) is 6.50. The highest BCUT2D eigenvalue weighted by atomic mass is 127. The van der Waals surface area contributed by atoms with Gasteiger partial charge >= 0.3 is 0 Å². The van der Waals surface area contributed by atoms with Crippen molar-refractivity contribution in [3.63, 3.8) is 0 Å². The molecule has 0 saturated carbocycles. The lowest BCUT2D eigenvalue weighted by Gasteiger charge is -2.19. The fraction of sp³-hybridized carbons (Fsp3) is 0.579. The molecule has 0 aliphatic rings. The van der Waals surface area contributed by atoms with E-state index in [2.05, 4.69) is 48.5 Å². The van der Waals surface area contributed by atoms with Crippen LogP contribution in [0.3, 0.4) is 0 Å². The summed E-state index contributed by atoms with van der Waals surface area (Å²) >= 11 is 0. The summed E-state index contributed by atoms with van der Waals surface area (Å²) in [6.45, 7) is 7.60. The Kier molecular flexibility index (Phi) is 12.0. The van der Waals surface area contributed by atoms with Gasteiger partial charge in [-0.05, 0) is 30.5 Å². The van der Waals surface area contributed by atoms with Crippen molar-refractivity contribution >= 4 is 35.8 Å².